The molecule has 100 valence electrons. The first-order valence-corrected chi connectivity index (χ1v) is 6.30. The van der Waals surface area contributed by atoms with Crippen molar-refractivity contribution in [1.82, 2.24) is 9.55 Å². The number of aromatic nitrogens is 2. The van der Waals surface area contributed by atoms with Gasteiger partial charge in [-0.3, -0.25) is 4.55 Å². The summed E-state index contributed by atoms with van der Waals surface area (Å²) in [5.41, 5.74) is -1.15. The summed E-state index contributed by atoms with van der Waals surface area (Å²) in [5, 5.41) is 17.6. The van der Waals surface area contributed by atoms with E-state index < -0.39 is 39.2 Å². The quantitative estimate of drug-likeness (QED) is 0.593. The fourth-order valence-electron chi connectivity index (χ4n) is 1.35. The van der Waals surface area contributed by atoms with Crippen LogP contribution < -0.4 is 0 Å². The minimum Gasteiger partial charge on any atom is -0.476 e. The zero-order chi connectivity index (χ0) is 13.9. The van der Waals surface area contributed by atoms with E-state index in [9.17, 15) is 18.0 Å². The minimum atomic E-state index is -4.13. The average molecular weight is 278 g/mol. The molecule has 18 heavy (non-hydrogen) atoms. The van der Waals surface area contributed by atoms with E-state index in [1.54, 1.807) is 0 Å². The van der Waals surface area contributed by atoms with Gasteiger partial charge in [0.1, 0.15) is 0 Å². The van der Waals surface area contributed by atoms with Crippen LogP contribution in [0.3, 0.4) is 0 Å². The molecule has 10 heteroatoms. The van der Waals surface area contributed by atoms with Crippen molar-refractivity contribution in [2.24, 2.45) is 0 Å². The maximum absolute atomic E-state index is 10.9. The number of hydrogen-bond donors (Lipinski definition) is 3. The Morgan fingerprint density at radius 2 is 1.89 bits per heavy atom. The second-order valence-corrected chi connectivity index (χ2v) is 4.96. The number of carboxylic acid groups (broad SMARTS) is 2. The largest absolute Gasteiger partial charge is 0.476 e. The SMILES string of the molecule is O=C(O)c1ncn(CCCS(=O)(=O)O)c1C(=O)O. The van der Waals surface area contributed by atoms with Gasteiger partial charge in [-0.1, -0.05) is 0 Å². The maximum Gasteiger partial charge on any atom is 0.357 e. The number of imidazole rings is 1. The molecule has 0 saturated heterocycles. The predicted molar refractivity (Wildman–Crippen MR) is 57.2 cm³/mol. The highest BCUT2D eigenvalue weighted by molar-refractivity contribution is 7.85. The summed E-state index contributed by atoms with van der Waals surface area (Å²) in [4.78, 5) is 25.0. The van der Waals surface area contributed by atoms with Gasteiger partial charge in [-0.25, -0.2) is 14.6 Å². The average Bonchev–Trinajstić information content (AvgIpc) is 2.59. The lowest BCUT2D eigenvalue weighted by Crippen LogP contribution is -2.14. The topological polar surface area (TPSA) is 147 Å². The molecule has 3 N–H and O–H groups in total. The van der Waals surface area contributed by atoms with E-state index in [4.69, 9.17) is 14.8 Å². The first kappa shape index (κ1) is 14.1. The first-order chi connectivity index (χ1) is 8.22. The van der Waals surface area contributed by atoms with Gasteiger partial charge >= 0.3 is 11.9 Å². The van der Waals surface area contributed by atoms with Crippen molar-refractivity contribution < 1.29 is 32.8 Å². The number of nitrogens with zero attached hydrogens (tertiary/aromatic N) is 2. The predicted octanol–water partition coefficient (Wildman–Crippen LogP) is -0.443. The Morgan fingerprint density at radius 3 is 2.33 bits per heavy atom. The van der Waals surface area contributed by atoms with Gasteiger partial charge in [0.25, 0.3) is 10.1 Å². The van der Waals surface area contributed by atoms with Gasteiger partial charge in [0.15, 0.2) is 11.4 Å². The highest BCUT2D eigenvalue weighted by Gasteiger charge is 2.22. The molecule has 0 aliphatic heterocycles. The minimum absolute atomic E-state index is 0.0610. The number of aryl methyl sites for hydroxylation is 1. The normalized spacial score (nSPS) is 11.4. The summed E-state index contributed by atoms with van der Waals surface area (Å²) in [5.74, 6) is -3.51. The van der Waals surface area contributed by atoms with Gasteiger partial charge in [0.05, 0.1) is 12.1 Å². The van der Waals surface area contributed by atoms with Crippen molar-refractivity contribution in [2.75, 3.05) is 5.75 Å². The molecule has 0 atom stereocenters. The van der Waals surface area contributed by atoms with E-state index in [1.165, 1.54) is 0 Å². The van der Waals surface area contributed by atoms with Gasteiger partial charge in [0, 0.05) is 6.54 Å². The first-order valence-electron chi connectivity index (χ1n) is 4.69. The zero-order valence-electron chi connectivity index (χ0n) is 8.98. The van der Waals surface area contributed by atoms with Crippen molar-refractivity contribution in [3.63, 3.8) is 0 Å². The van der Waals surface area contributed by atoms with Crippen molar-refractivity contribution >= 4 is 22.1 Å². The third-order valence-corrected chi connectivity index (χ3v) is 2.85. The highest BCUT2D eigenvalue weighted by Crippen LogP contribution is 2.09. The van der Waals surface area contributed by atoms with Crippen LogP contribution in [-0.2, 0) is 16.7 Å². The number of carbonyl (C=O) groups is 2. The molecule has 1 aromatic heterocycles. The number of rotatable bonds is 6. The van der Waals surface area contributed by atoms with Crippen molar-refractivity contribution in [1.29, 1.82) is 0 Å². The maximum atomic E-state index is 10.9. The second-order valence-electron chi connectivity index (χ2n) is 3.39. The Bertz CT molecular complexity index is 574. The molecule has 0 aromatic carbocycles. The molecule has 1 rings (SSSR count). The van der Waals surface area contributed by atoms with Crippen LogP contribution >= 0.6 is 0 Å². The highest BCUT2D eigenvalue weighted by atomic mass is 32.2. The molecule has 0 aliphatic carbocycles. The fraction of sp³-hybridized carbons (Fsp3) is 0.375. The molecule has 0 radical (unpaired) electrons. The standard InChI is InChI=1S/C8H10N2O7S/c11-7(12)5-6(8(13)14)10(4-9-5)2-1-3-18(15,16)17/h4H,1-3H2,(H,11,12)(H,13,14)(H,15,16,17). The van der Waals surface area contributed by atoms with E-state index >= 15 is 0 Å². The molecular formula is C8H10N2O7S. The van der Waals surface area contributed by atoms with Crippen LogP contribution in [-0.4, -0.2) is 50.4 Å². The molecule has 9 nitrogen and oxygen atoms in total. The number of hydrogen-bond acceptors (Lipinski definition) is 5. The summed E-state index contributed by atoms with van der Waals surface area (Å²) in [6, 6.07) is 0. The molecule has 0 saturated carbocycles. The molecule has 0 unspecified atom stereocenters. The van der Waals surface area contributed by atoms with Gasteiger partial charge in [-0.2, -0.15) is 8.42 Å². The van der Waals surface area contributed by atoms with Gasteiger partial charge < -0.3 is 14.8 Å². The lowest BCUT2D eigenvalue weighted by Gasteiger charge is -2.04. The zero-order valence-corrected chi connectivity index (χ0v) is 9.79. The van der Waals surface area contributed by atoms with E-state index in [0.717, 1.165) is 10.9 Å². The summed E-state index contributed by atoms with van der Waals surface area (Å²) >= 11 is 0. The lowest BCUT2D eigenvalue weighted by molar-refractivity contribution is 0.0640. The molecule has 0 amide bonds. The molecule has 0 fully saturated rings. The van der Waals surface area contributed by atoms with Crippen LogP contribution in [0.2, 0.25) is 0 Å². The molecule has 1 aromatic rings. The van der Waals surface area contributed by atoms with E-state index in [0.29, 0.717) is 0 Å². The summed E-state index contributed by atoms with van der Waals surface area (Å²) < 4.78 is 30.5. The number of aromatic carboxylic acids is 2. The molecule has 0 spiro atoms. The lowest BCUT2D eigenvalue weighted by atomic mass is 10.3. The molecule has 0 bridgehead atoms. The summed E-state index contributed by atoms with van der Waals surface area (Å²) in [6.45, 7) is -0.0816. The Kier molecular flexibility index (Phi) is 4.03. The third kappa shape index (κ3) is 3.53. The fourth-order valence-corrected chi connectivity index (χ4v) is 1.84. The van der Waals surface area contributed by atoms with Gasteiger partial charge in [0.2, 0.25) is 0 Å². The smallest absolute Gasteiger partial charge is 0.357 e. The Labute approximate surface area is 101 Å². The number of carboxylic acids is 2. The van der Waals surface area contributed by atoms with E-state index in [2.05, 4.69) is 4.98 Å². The van der Waals surface area contributed by atoms with E-state index in [-0.39, 0.29) is 13.0 Å². The van der Waals surface area contributed by atoms with Crippen molar-refractivity contribution in [3.05, 3.63) is 17.7 Å². The third-order valence-electron chi connectivity index (χ3n) is 2.04. The van der Waals surface area contributed by atoms with Crippen LogP contribution in [0.15, 0.2) is 6.33 Å². The Balaban J connectivity index is 2.90. The van der Waals surface area contributed by atoms with Crippen LogP contribution in [0.5, 0.6) is 0 Å². The molecular weight excluding hydrogens is 268 g/mol. The molecule has 1 heterocycles. The second kappa shape index (κ2) is 5.14. The van der Waals surface area contributed by atoms with Crippen molar-refractivity contribution in [2.45, 2.75) is 13.0 Å². The Morgan fingerprint density at radius 1 is 1.28 bits per heavy atom. The van der Waals surface area contributed by atoms with Gasteiger partial charge in [-0.15, -0.1) is 0 Å². The van der Waals surface area contributed by atoms with Gasteiger partial charge in [-0.05, 0) is 6.42 Å². The molecule has 0 aliphatic rings. The monoisotopic (exact) mass is 278 g/mol. The van der Waals surface area contributed by atoms with Crippen LogP contribution in [0.4, 0.5) is 0 Å². The van der Waals surface area contributed by atoms with Crippen LogP contribution in [0.1, 0.15) is 27.4 Å². The van der Waals surface area contributed by atoms with Crippen LogP contribution in [0, 0.1) is 0 Å². The van der Waals surface area contributed by atoms with Crippen molar-refractivity contribution in [3.8, 4) is 0 Å². The summed E-state index contributed by atoms with van der Waals surface area (Å²) in [7, 11) is -4.13. The van der Waals surface area contributed by atoms with E-state index in [1.807, 2.05) is 0 Å². The summed E-state index contributed by atoms with van der Waals surface area (Å²) in [6.07, 6.45) is 0.936. The Hall–Kier alpha value is -1.94. The van der Waals surface area contributed by atoms with Crippen LogP contribution in [0.25, 0.3) is 0 Å².